The van der Waals surface area contributed by atoms with Gasteiger partial charge in [-0.15, -0.1) is 11.3 Å². The highest BCUT2D eigenvalue weighted by atomic mass is 32.1. The Morgan fingerprint density at radius 1 is 1.40 bits per heavy atom. The van der Waals surface area contributed by atoms with Gasteiger partial charge < -0.3 is 10.4 Å². The first-order valence-electron chi connectivity index (χ1n) is 5.68. The zero-order valence-corrected chi connectivity index (χ0v) is 11.1. The summed E-state index contributed by atoms with van der Waals surface area (Å²) in [5.41, 5.74) is 1.24. The minimum absolute atomic E-state index is 0.0347. The summed E-state index contributed by atoms with van der Waals surface area (Å²) in [6, 6.07) is 6.47. The second kappa shape index (κ2) is 6.22. The number of rotatable bonds is 6. The van der Waals surface area contributed by atoms with Crippen LogP contribution in [-0.2, 0) is 13.1 Å². The van der Waals surface area contributed by atoms with Crippen molar-refractivity contribution in [2.24, 2.45) is 0 Å². The van der Waals surface area contributed by atoms with E-state index in [9.17, 15) is 14.9 Å². The summed E-state index contributed by atoms with van der Waals surface area (Å²) in [4.78, 5) is 25.0. The van der Waals surface area contributed by atoms with Crippen molar-refractivity contribution < 1.29 is 14.8 Å². The van der Waals surface area contributed by atoms with Crippen molar-refractivity contribution in [1.29, 1.82) is 0 Å². The van der Waals surface area contributed by atoms with Gasteiger partial charge in [-0.25, -0.2) is 9.78 Å². The van der Waals surface area contributed by atoms with Crippen LogP contribution in [0.5, 0.6) is 0 Å². The van der Waals surface area contributed by atoms with E-state index in [1.54, 1.807) is 23.6 Å². The topological polar surface area (TPSA) is 105 Å². The summed E-state index contributed by atoms with van der Waals surface area (Å²) in [5, 5.41) is 24.3. The number of nitro groups is 1. The molecule has 0 aliphatic heterocycles. The molecule has 2 rings (SSSR count). The van der Waals surface area contributed by atoms with Crippen molar-refractivity contribution >= 4 is 23.0 Å². The molecule has 0 fully saturated rings. The number of hydrogen-bond donors (Lipinski definition) is 2. The van der Waals surface area contributed by atoms with E-state index in [0.717, 1.165) is 11.3 Å². The number of carboxylic acids is 1. The maximum Gasteiger partial charge on any atom is 0.365 e. The van der Waals surface area contributed by atoms with Gasteiger partial charge >= 0.3 is 5.97 Å². The highest BCUT2D eigenvalue weighted by molar-refractivity contribution is 7.11. The number of aromatic nitrogens is 1. The predicted molar refractivity (Wildman–Crippen MR) is 72.7 cm³/mol. The van der Waals surface area contributed by atoms with Crippen molar-refractivity contribution in [1.82, 2.24) is 10.3 Å². The number of carbonyl (C=O) groups is 1. The molecule has 0 spiro atoms. The number of aromatic carboxylic acids is 1. The third kappa shape index (κ3) is 3.37. The van der Waals surface area contributed by atoms with Crippen LogP contribution in [0.3, 0.4) is 0 Å². The molecule has 0 aliphatic carbocycles. The molecule has 0 aliphatic rings. The fraction of sp³-hybridized carbons (Fsp3) is 0.167. The van der Waals surface area contributed by atoms with E-state index in [2.05, 4.69) is 10.3 Å². The zero-order valence-electron chi connectivity index (χ0n) is 10.3. The highest BCUT2D eigenvalue weighted by Crippen LogP contribution is 2.17. The fourth-order valence-electron chi connectivity index (χ4n) is 1.65. The lowest BCUT2D eigenvalue weighted by Gasteiger charge is -2.03. The lowest BCUT2D eigenvalue weighted by molar-refractivity contribution is -0.385. The van der Waals surface area contributed by atoms with Gasteiger partial charge in [0.1, 0.15) is 0 Å². The van der Waals surface area contributed by atoms with Crippen LogP contribution in [0.2, 0.25) is 0 Å². The van der Waals surface area contributed by atoms with Crippen LogP contribution < -0.4 is 5.32 Å². The Balaban J connectivity index is 1.96. The van der Waals surface area contributed by atoms with Crippen LogP contribution in [-0.4, -0.2) is 21.0 Å². The molecule has 0 amide bonds. The van der Waals surface area contributed by atoms with E-state index >= 15 is 0 Å². The number of nitrogens with zero attached hydrogens (tertiary/aromatic N) is 2. The summed E-state index contributed by atoms with van der Waals surface area (Å²) in [6.45, 7) is 0.674. The van der Waals surface area contributed by atoms with E-state index in [-0.39, 0.29) is 10.7 Å². The molecule has 0 saturated carbocycles. The van der Waals surface area contributed by atoms with Gasteiger partial charge in [-0.1, -0.05) is 18.2 Å². The van der Waals surface area contributed by atoms with Gasteiger partial charge in [0.15, 0.2) is 0 Å². The Morgan fingerprint density at radius 3 is 2.80 bits per heavy atom. The number of carboxylic acid groups (broad SMARTS) is 1. The molecule has 0 bridgehead atoms. The Labute approximate surface area is 118 Å². The lowest BCUT2D eigenvalue weighted by Crippen LogP contribution is -2.14. The van der Waals surface area contributed by atoms with E-state index in [1.807, 2.05) is 0 Å². The molecule has 1 aromatic heterocycles. The van der Waals surface area contributed by atoms with Crippen molar-refractivity contribution in [3.8, 4) is 0 Å². The van der Waals surface area contributed by atoms with Gasteiger partial charge in [0.05, 0.1) is 10.6 Å². The monoisotopic (exact) mass is 293 g/mol. The first kappa shape index (κ1) is 14.1. The molecular formula is C12H11N3O4S. The highest BCUT2D eigenvalue weighted by Gasteiger charge is 2.12. The Kier molecular flexibility index (Phi) is 4.38. The minimum Gasteiger partial charge on any atom is -0.476 e. The number of hydrogen-bond acceptors (Lipinski definition) is 6. The molecule has 20 heavy (non-hydrogen) atoms. The lowest BCUT2D eigenvalue weighted by atomic mass is 10.2. The Hall–Kier alpha value is -2.32. The van der Waals surface area contributed by atoms with E-state index in [4.69, 9.17) is 5.11 Å². The van der Waals surface area contributed by atoms with Crippen LogP contribution in [0.4, 0.5) is 5.69 Å². The average Bonchev–Trinajstić information content (AvgIpc) is 2.88. The third-order valence-corrected chi connectivity index (χ3v) is 3.42. The second-order valence-corrected chi connectivity index (χ2v) is 4.80. The van der Waals surface area contributed by atoms with E-state index in [1.165, 1.54) is 6.07 Å². The van der Waals surface area contributed by atoms with Crippen molar-refractivity contribution in [3.63, 3.8) is 0 Å². The molecule has 0 saturated heterocycles. The standard InChI is InChI=1S/C12H11N3O4S/c16-12(17)11-14-9(7-20-11)6-13-5-8-3-1-2-4-10(8)15(18)19/h1-4,7,13H,5-6H2,(H,16,17). The van der Waals surface area contributed by atoms with E-state index in [0.29, 0.717) is 24.3 Å². The molecule has 1 heterocycles. The fourth-order valence-corrected chi connectivity index (χ4v) is 2.30. The number of benzene rings is 1. The van der Waals surface area contributed by atoms with Crippen LogP contribution in [0.1, 0.15) is 21.1 Å². The SMILES string of the molecule is O=C(O)c1nc(CNCc2ccccc2[N+](=O)[O-])cs1. The van der Waals surface area contributed by atoms with E-state index < -0.39 is 10.9 Å². The van der Waals surface area contributed by atoms with Gasteiger partial charge in [-0.2, -0.15) is 0 Å². The largest absolute Gasteiger partial charge is 0.476 e. The van der Waals surface area contributed by atoms with Crippen LogP contribution in [0.15, 0.2) is 29.6 Å². The first-order valence-corrected chi connectivity index (χ1v) is 6.56. The van der Waals surface area contributed by atoms with Gasteiger partial charge in [-0.3, -0.25) is 10.1 Å². The second-order valence-electron chi connectivity index (χ2n) is 3.94. The molecule has 104 valence electrons. The molecule has 2 aromatic rings. The molecule has 1 aromatic carbocycles. The maximum absolute atomic E-state index is 10.8. The molecular weight excluding hydrogens is 282 g/mol. The van der Waals surface area contributed by atoms with Crippen molar-refractivity contribution in [3.05, 3.63) is 56.0 Å². The molecule has 8 heteroatoms. The smallest absolute Gasteiger partial charge is 0.365 e. The summed E-state index contributed by atoms with van der Waals surface area (Å²) in [5.74, 6) is -1.06. The summed E-state index contributed by atoms with van der Waals surface area (Å²) < 4.78 is 0. The van der Waals surface area contributed by atoms with Gasteiger partial charge in [0, 0.05) is 30.1 Å². The number of nitrogens with one attached hydrogen (secondary N) is 1. The summed E-state index contributed by atoms with van der Waals surface area (Å²) >= 11 is 1.05. The number of nitro benzene ring substituents is 1. The van der Waals surface area contributed by atoms with Gasteiger partial charge in [-0.05, 0) is 0 Å². The molecule has 0 unspecified atom stereocenters. The maximum atomic E-state index is 10.8. The first-order chi connectivity index (χ1) is 9.58. The molecule has 0 atom stereocenters. The molecule has 0 radical (unpaired) electrons. The van der Waals surface area contributed by atoms with Gasteiger partial charge in [0.2, 0.25) is 5.01 Å². The van der Waals surface area contributed by atoms with Crippen LogP contribution in [0, 0.1) is 10.1 Å². The summed E-state index contributed by atoms with van der Waals surface area (Å²) in [6.07, 6.45) is 0. The Morgan fingerprint density at radius 2 is 2.15 bits per heavy atom. The average molecular weight is 293 g/mol. The number of para-hydroxylation sites is 1. The van der Waals surface area contributed by atoms with Crippen molar-refractivity contribution in [2.45, 2.75) is 13.1 Å². The van der Waals surface area contributed by atoms with Crippen LogP contribution >= 0.6 is 11.3 Å². The summed E-state index contributed by atoms with van der Waals surface area (Å²) in [7, 11) is 0. The quantitative estimate of drug-likeness (QED) is 0.623. The predicted octanol–water partition coefficient (Wildman–Crippen LogP) is 2.04. The van der Waals surface area contributed by atoms with Crippen LogP contribution in [0.25, 0.3) is 0 Å². The number of thiazole rings is 1. The Bertz CT molecular complexity index is 641. The molecule has 7 nitrogen and oxygen atoms in total. The van der Waals surface area contributed by atoms with Gasteiger partial charge in [0.25, 0.3) is 5.69 Å². The third-order valence-electron chi connectivity index (χ3n) is 2.54. The minimum atomic E-state index is -1.06. The molecule has 2 N–H and O–H groups in total. The normalized spacial score (nSPS) is 10.4. The zero-order chi connectivity index (χ0) is 14.5. The van der Waals surface area contributed by atoms with Crippen molar-refractivity contribution in [2.75, 3.05) is 0 Å².